The molecule has 0 unspecified atom stereocenters. The molecule has 112 valence electrons. The lowest BCUT2D eigenvalue weighted by Gasteiger charge is -2.17. The van der Waals surface area contributed by atoms with E-state index in [1.165, 1.54) is 0 Å². The standard InChI is InChI=1S/C17H26O3/c1-3-5-7-13-14-11-15(19)12(6-4-2)10-17(14)20-16(13)8-9-18/h10-11,13,16,18-19H,3-9H2,1-2H3/t13-,16-/m0/s1. The van der Waals surface area contributed by atoms with Crippen LogP contribution in [0.4, 0.5) is 0 Å². The highest BCUT2D eigenvalue weighted by Crippen LogP contribution is 2.45. The lowest BCUT2D eigenvalue weighted by atomic mass is 9.88. The van der Waals surface area contributed by atoms with Crippen molar-refractivity contribution in [3.8, 4) is 11.5 Å². The Morgan fingerprint density at radius 3 is 2.60 bits per heavy atom. The number of unbranched alkanes of at least 4 members (excludes halogenated alkanes) is 1. The van der Waals surface area contributed by atoms with E-state index in [0.29, 0.717) is 18.1 Å². The average molecular weight is 278 g/mol. The van der Waals surface area contributed by atoms with Crippen molar-refractivity contribution in [2.75, 3.05) is 6.61 Å². The Bertz CT molecular complexity index is 442. The van der Waals surface area contributed by atoms with Crippen LogP contribution in [0.2, 0.25) is 0 Å². The van der Waals surface area contributed by atoms with Crippen molar-refractivity contribution in [3.63, 3.8) is 0 Å². The first kappa shape index (κ1) is 15.2. The first-order chi connectivity index (χ1) is 9.71. The molecule has 0 aromatic heterocycles. The zero-order valence-electron chi connectivity index (χ0n) is 12.6. The van der Waals surface area contributed by atoms with Crippen molar-refractivity contribution < 1.29 is 14.9 Å². The van der Waals surface area contributed by atoms with Gasteiger partial charge in [0.1, 0.15) is 17.6 Å². The van der Waals surface area contributed by atoms with E-state index in [0.717, 1.165) is 49.0 Å². The van der Waals surface area contributed by atoms with E-state index < -0.39 is 0 Å². The highest BCUT2D eigenvalue weighted by Gasteiger charge is 2.34. The van der Waals surface area contributed by atoms with Crippen LogP contribution in [-0.4, -0.2) is 22.9 Å². The minimum Gasteiger partial charge on any atom is -0.508 e. The zero-order chi connectivity index (χ0) is 14.5. The molecule has 3 nitrogen and oxygen atoms in total. The third-order valence-electron chi connectivity index (χ3n) is 4.14. The van der Waals surface area contributed by atoms with Crippen LogP contribution in [0.5, 0.6) is 11.5 Å². The zero-order valence-corrected chi connectivity index (χ0v) is 12.6. The number of hydrogen-bond donors (Lipinski definition) is 2. The monoisotopic (exact) mass is 278 g/mol. The number of rotatable bonds is 7. The summed E-state index contributed by atoms with van der Waals surface area (Å²) in [5, 5.41) is 19.4. The van der Waals surface area contributed by atoms with Gasteiger partial charge in [0.15, 0.2) is 0 Å². The van der Waals surface area contributed by atoms with Crippen LogP contribution in [0.15, 0.2) is 12.1 Å². The molecule has 1 aromatic rings. The van der Waals surface area contributed by atoms with E-state index in [-0.39, 0.29) is 12.7 Å². The molecule has 20 heavy (non-hydrogen) atoms. The number of phenols is 1. The number of benzene rings is 1. The fraction of sp³-hybridized carbons (Fsp3) is 0.647. The Hall–Kier alpha value is -1.22. The normalized spacial score (nSPS) is 20.8. The van der Waals surface area contributed by atoms with Crippen molar-refractivity contribution in [1.29, 1.82) is 0 Å². The number of ether oxygens (including phenoxy) is 1. The Morgan fingerprint density at radius 2 is 1.95 bits per heavy atom. The SMILES string of the molecule is CCCC[C@H]1c2cc(O)c(CCC)cc2O[C@H]1CCO. The third kappa shape index (κ3) is 3.09. The molecule has 3 heteroatoms. The summed E-state index contributed by atoms with van der Waals surface area (Å²) in [6.45, 7) is 4.43. The van der Waals surface area contributed by atoms with Gasteiger partial charge in [-0.1, -0.05) is 33.1 Å². The number of fused-ring (bicyclic) bond motifs is 1. The fourth-order valence-electron chi connectivity index (χ4n) is 3.09. The maximum atomic E-state index is 10.2. The summed E-state index contributed by atoms with van der Waals surface area (Å²) in [4.78, 5) is 0. The molecule has 1 aliphatic heterocycles. The van der Waals surface area contributed by atoms with Crippen LogP contribution >= 0.6 is 0 Å². The van der Waals surface area contributed by atoms with E-state index in [2.05, 4.69) is 13.8 Å². The van der Waals surface area contributed by atoms with Gasteiger partial charge in [-0.15, -0.1) is 0 Å². The van der Waals surface area contributed by atoms with E-state index in [1.807, 2.05) is 12.1 Å². The van der Waals surface area contributed by atoms with Gasteiger partial charge >= 0.3 is 0 Å². The lowest BCUT2D eigenvalue weighted by Crippen LogP contribution is -2.20. The molecule has 0 spiro atoms. The minimum absolute atomic E-state index is 0.0535. The summed E-state index contributed by atoms with van der Waals surface area (Å²) >= 11 is 0. The van der Waals surface area contributed by atoms with Crippen molar-refractivity contribution in [2.45, 2.75) is 64.4 Å². The molecule has 0 bridgehead atoms. The summed E-state index contributed by atoms with van der Waals surface area (Å²) < 4.78 is 6.03. The molecule has 1 aliphatic rings. The van der Waals surface area contributed by atoms with Crippen LogP contribution in [0.3, 0.4) is 0 Å². The van der Waals surface area contributed by atoms with Crippen LogP contribution < -0.4 is 4.74 Å². The average Bonchev–Trinajstić information content (AvgIpc) is 2.74. The molecular formula is C17H26O3. The predicted octanol–water partition coefficient (Wildman–Crippen LogP) is 3.76. The third-order valence-corrected chi connectivity index (χ3v) is 4.14. The summed E-state index contributed by atoms with van der Waals surface area (Å²) in [5.74, 6) is 1.60. The number of hydrogen-bond acceptors (Lipinski definition) is 3. The van der Waals surface area contributed by atoms with Gasteiger partial charge in [-0.05, 0) is 30.5 Å². The lowest BCUT2D eigenvalue weighted by molar-refractivity contribution is 0.151. The first-order valence-electron chi connectivity index (χ1n) is 7.84. The Morgan fingerprint density at radius 1 is 1.15 bits per heavy atom. The molecule has 0 saturated carbocycles. The van der Waals surface area contributed by atoms with Crippen LogP contribution in [0.25, 0.3) is 0 Å². The van der Waals surface area contributed by atoms with Crippen molar-refractivity contribution in [1.82, 2.24) is 0 Å². The summed E-state index contributed by atoms with van der Waals surface area (Å²) in [7, 11) is 0. The van der Waals surface area contributed by atoms with Gasteiger partial charge in [0.2, 0.25) is 0 Å². The van der Waals surface area contributed by atoms with Gasteiger partial charge in [-0.25, -0.2) is 0 Å². The van der Waals surface area contributed by atoms with Crippen molar-refractivity contribution >= 4 is 0 Å². The second-order valence-corrected chi connectivity index (χ2v) is 5.69. The summed E-state index contributed by atoms with van der Waals surface area (Å²) in [5.41, 5.74) is 2.08. The highest BCUT2D eigenvalue weighted by molar-refractivity contribution is 5.50. The molecule has 2 rings (SSSR count). The molecule has 0 saturated heterocycles. The van der Waals surface area contributed by atoms with Crippen LogP contribution in [0, 0.1) is 0 Å². The molecule has 0 radical (unpaired) electrons. The van der Waals surface area contributed by atoms with Gasteiger partial charge in [-0.3, -0.25) is 0 Å². The largest absolute Gasteiger partial charge is 0.508 e. The number of aliphatic hydroxyl groups excluding tert-OH is 1. The fourth-order valence-corrected chi connectivity index (χ4v) is 3.09. The molecule has 0 aliphatic carbocycles. The Kier molecular flexibility index (Phi) is 5.30. The van der Waals surface area contributed by atoms with Crippen LogP contribution in [0.1, 0.15) is 63.0 Å². The number of phenolic OH excluding ortho intramolecular Hbond substituents is 1. The number of aryl methyl sites for hydroxylation is 1. The Balaban J connectivity index is 2.27. The molecule has 2 N–H and O–H groups in total. The molecular weight excluding hydrogens is 252 g/mol. The highest BCUT2D eigenvalue weighted by atomic mass is 16.5. The van der Waals surface area contributed by atoms with Crippen LogP contribution in [-0.2, 0) is 6.42 Å². The van der Waals surface area contributed by atoms with Crippen molar-refractivity contribution in [2.24, 2.45) is 0 Å². The maximum Gasteiger partial charge on any atom is 0.123 e. The quantitative estimate of drug-likeness (QED) is 0.798. The Labute approximate surface area is 121 Å². The maximum absolute atomic E-state index is 10.2. The molecule has 0 fully saturated rings. The topological polar surface area (TPSA) is 49.7 Å². The summed E-state index contributed by atoms with van der Waals surface area (Å²) in [6, 6.07) is 3.88. The minimum atomic E-state index is 0.0535. The van der Waals surface area contributed by atoms with Gasteiger partial charge in [0.05, 0.1) is 0 Å². The van der Waals surface area contributed by atoms with Gasteiger partial charge in [0.25, 0.3) is 0 Å². The van der Waals surface area contributed by atoms with Gasteiger partial charge in [0, 0.05) is 24.5 Å². The molecule has 1 aromatic carbocycles. The van der Waals surface area contributed by atoms with E-state index in [4.69, 9.17) is 4.74 Å². The van der Waals surface area contributed by atoms with Gasteiger partial charge < -0.3 is 14.9 Å². The predicted molar refractivity (Wildman–Crippen MR) is 80.5 cm³/mol. The molecule has 2 atom stereocenters. The number of aliphatic hydroxyl groups is 1. The second kappa shape index (κ2) is 6.98. The van der Waals surface area contributed by atoms with E-state index in [1.54, 1.807) is 0 Å². The first-order valence-corrected chi connectivity index (χ1v) is 7.84. The van der Waals surface area contributed by atoms with Crippen molar-refractivity contribution in [3.05, 3.63) is 23.3 Å². The number of aromatic hydroxyl groups is 1. The molecule has 1 heterocycles. The van der Waals surface area contributed by atoms with E-state index in [9.17, 15) is 10.2 Å². The molecule has 0 amide bonds. The second-order valence-electron chi connectivity index (χ2n) is 5.69. The van der Waals surface area contributed by atoms with E-state index >= 15 is 0 Å². The summed E-state index contributed by atoms with van der Waals surface area (Å²) in [6.07, 6.45) is 5.94. The van der Waals surface area contributed by atoms with Gasteiger partial charge in [-0.2, -0.15) is 0 Å². The smallest absolute Gasteiger partial charge is 0.123 e.